The van der Waals surface area contributed by atoms with E-state index in [1.807, 2.05) is 26.0 Å². The number of aryl methyl sites for hydroxylation is 2. The van der Waals surface area contributed by atoms with E-state index in [9.17, 15) is 4.79 Å². The van der Waals surface area contributed by atoms with E-state index in [0.717, 1.165) is 16.5 Å². The maximum absolute atomic E-state index is 11.9. The molecule has 3 rings (SSSR count). The molecule has 0 spiro atoms. The molecule has 0 saturated carbocycles. The van der Waals surface area contributed by atoms with Crippen molar-refractivity contribution in [2.45, 2.75) is 20.3 Å². The van der Waals surface area contributed by atoms with Crippen molar-refractivity contribution in [2.24, 2.45) is 0 Å². The number of anilines is 1. The first-order valence-corrected chi connectivity index (χ1v) is 6.93. The first-order chi connectivity index (χ1) is 9.63. The van der Waals surface area contributed by atoms with Crippen molar-refractivity contribution >= 4 is 33.3 Å². The molecule has 1 aromatic carbocycles. The number of carbonyl (C=O) groups excluding carboxylic acids is 1. The van der Waals surface area contributed by atoms with Gasteiger partial charge in [0.05, 0.1) is 6.42 Å². The Morgan fingerprint density at radius 3 is 2.90 bits per heavy atom. The number of carbonyl (C=O) groups is 1. The number of nitrogens with one attached hydrogen (secondary N) is 1. The SMILES string of the molecule is Cc1cc2onc(CC(=O)Nc3nncs3)c2cc1C. The van der Waals surface area contributed by atoms with E-state index in [-0.39, 0.29) is 12.3 Å². The van der Waals surface area contributed by atoms with Gasteiger partial charge in [-0.05, 0) is 37.1 Å². The van der Waals surface area contributed by atoms with Gasteiger partial charge in [0, 0.05) is 5.39 Å². The van der Waals surface area contributed by atoms with E-state index in [2.05, 4.69) is 20.7 Å². The zero-order valence-corrected chi connectivity index (χ0v) is 11.8. The molecule has 0 unspecified atom stereocenters. The lowest BCUT2D eigenvalue weighted by atomic mass is 10.1. The lowest BCUT2D eigenvalue weighted by Gasteiger charge is -2.00. The van der Waals surface area contributed by atoms with Crippen molar-refractivity contribution in [2.75, 3.05) is 5.32 Å². The van der Waals surface area contributed by atoms with Gasteiger partial charge in [-0.15, -0.1) is 10.2 Å². The molecule has 102 valence electrons. The smallest absolute Gasteiger partial charge is 0.232 e. The summed E-state index contributed by atoms with van der Waals surface area (Å²) in [5.74, 6) is -0.185. The molecular formula is C13H12N4O2S. The molecule has 0 aliphatic carbocycles. The Bertz CT molecular complexity index is 764. The molecule has 1 N–H and O–H groups in total. The summed E-state index contributed by atoms with van der Waals surface area (Å²) < 4.78 is 5.27. The van der Waals surface area contributed by atoms with Crippen LogP contribution in [0.25, 0.3) is 11.0 Å². The largest absolute Gasteiger partial charge is 0.356 e. The molecule has 7 heteroatoms. The minimum atomic E-state index is -0.185. The van der Waals surface area contributed by atoms with Crippen LogP contribution in [0.5, 0.6) is 0 Å². The van der Waals surface area contributed by atoms with Crippen LogP contribution in [0.1, 0.15) is 16.8 Å². The molecule has 0 bridgehead atoms. The molecule has 6 nitrogen and oxygen atoms in total. The van der Waals surface area contributed by atoms with Gasteiger partial charge in [-0.1, -0.05) is 16.5 Å². The number of rotatable bonds is 3. The van der Waals surface area contributed by atoms with E-state index in [0.29, 0.717) is 16.4 Å². The van der Waals surface area contributed by atoms with Gasteiger partial charge in [0.25, 0.3) is 0 Å². The van der Waals surface area contributed by atoms with Crippen LogP contribution >= 0.6 is 11.3 Å². The molecule has 2 aromatic heterocycles. The zero-order chi connectivity index (χ0) is 14.1. The summed E-state index contributed by atoms with van der Waals surface area (Å²) in [6.07, 6.45) is 0.148. The van der Waals surface area contributed by atoms with Gasteiger partial charge in [-0.25, -0.2) is 0 Å². The molecule has 20 heavy (non-hydrogen) atoms. The number of hydrogen-bond donors (Lipinski definition) is 1. The molecule has 0 saturated heterocycles. The highest BCUT2D eigenvalue weighted by atomic mass is 32.1. The maximum Gasteiger partial charge on any atom is 0.232 e. The van der Waals surface area contributed by atoms with Crippen molar-refractivity contribution < 1.29 is 9.32 Å². The fourth-order valence-electron chi connectivity index (χ4n) is 1.91. The minimum absolute atomic E-state index is 0.148. The monoisotopic (exact) mass is 288 g/mol. The van der Waals surface area contributed by atoms with Gasteiger partial charge in [0.1, 0.15) is 11.2 Å². The lowest BCUT2D eigenvalue weighted by molar-refractivity contribution is -0.115. The van der Waals surface area contributed by atoms with Crippen molar-refractivity contribution in [3.05, 3.63) is 34.5 Å². The predicted octanol–water partition coefficient (Wildman–Crippen LogP) is 2.48. The number of fused-ring (bicyclic) bond motifs is 1. The van der Waals surface area contributed by atoms with Crippen LogP contribution in [-0.2, 0) is 11.2 Å². The van der Waals surface area contributed by atoms with Crippen LogP contribution < -0.4 is 5.32 Å². The molecule has 0 fully saturated rings. The molecule has 0 aliphatic heterocycles. The Balaban J connectivity index is 1.84. The van der Waals surface area contributed by atoms with Crippen LogP contribution in [0.2, 0.25) is 0 Å². The number of benzene rings is 1. The van der Waals surface area contributed by atoms with Gasteiger partial charge in [0.15, 0.2) is 5.58 Å². The summed E-state index contributed by atoms with van der Waals surface area (Å²) >= 11 is 1.27. The summed E-state index contributed by atoms with van der Waals surface area (Å²) in [6, 6.07) is 3.93. The van der Waals surface area contributed by atoms with Crippen molar-refractivity contribution in [1.29, 1.82) is 0 Å². The molecule has 1 amide bonds. The first kappa shape index (κ1) is 12.7. The molecule has 2 heterocycles. The van der Waals surface area contributed by atoms with E-state index in [1.54, 1.807) is 5.51 Å². The second-order valence-corrected chi connectivity index (χ2v) is 5.36. The second kappa shape index (κ2) is 5.01. The second-order valence-electron chi connectivity index (χ2n) is 4.53. The Kier molecular flexibility index (Phi) is 3.19. The Labute approximate surface area is 118 Å². The van der Waals surface area contributed by atoms with Crippen LogP contribution in [0, 0.1) is 13.8 Å². The third kappa shape index (κ3) is 2.39. The van der Waals surface area contributed by atoms with Crippen molar-refractivity contribution in [3.8, 4) is 0 Å². The van der Waals surface area contributed by atoms with Gasteiger partial charge >= 0.3 is 0 Å². The Morgan fingerprint density at radius 2 is 2.15 bits per heavy atom. The first-order valence-electron chi connectivity index (χ1n) is 6.05. The highest BCUT2D eigenvalue weighted by Crippen LogP contribution is 2.23. The van der Waals surface area contributed by atoms with E-state index < -0.39 is 0 Å². The Hall–Kier alpha value is -2.28. The number of aromatic nitrogens is 3. The summed E-state index contributed by atoms with van der Waals surface area (Å²) in [5.41, 5.74) is 5.18. The summed E-state index contributed by atoms with van der Waals surface area (Å²) in [7, 11) is 0. The summed E-state index contributed by atoms with van der Waals surface area (Å²) in [4.78, 5) is 11.9. The number of nitrogens with zero attached hydrogens (tertiary/aromatic N) is 3. The number of amides is 1. The van der Waals surface area contributed by atoms with Crippen molar-refractivity contribution in [3.63, 3.8) is 0 Å². The van der Waals surface area contributed by atoms with Crippen LogP contribution in [0.15, 0.2) is 22.2 Å². The average Bonchev–Trinajstić information content (AvgIpc) is 3.02. The van der Waals surface area contributed by atoms with E-state index >= 15 is 0 Å². The van der Waals surface area contributed by atoms with Crippen LogP contribution in [0.4, 0.5) is 5.13 Å². The zero-order valence-electron chi connectivity index (χ0n) is 11.0. The highest BCUT2D eigenvalue weighted by molar-refractivity contribution is 7.13. The predicted molar refractivity (Wildman–Crippen MR) is 75.7 cm³/mol. The standard InChI is InChI=1S/C13H12N4O2S/c1-7-3-9-10(17-19-11(9)4-8(7)2)5-12(18)15-13-16-14-6-20-13/h3-4,6H,5H2,1-2H3,(H,15,16,18). The van der Waals surface area contributed by atoms with Gasteiger partial charge < -0.3 is 9.84 Å². The van der Waals surface area contributed by atoms with Crippen LogP contribution in [0.3, 0.4) is 0 Å². The van der Waals surface area contributed by atoms with Crippen LogP contribution in [-0.4, -0.2) is 21.3 Å². The average molecular weight is 288 g/mol. The van der Waals surface area contributed by atoms with E-state index in [1.165, 1.54) is 11.3 Å². The lowest BCUT2D eigenvalue weighted by Crippen LogP contribution is -2.14. The molecule has 0 aliphatic rings. The Morgan fingerprint density at radius 1 is 1.35 bits per heavy atom. The molecule has 0 radical (unpaired) electrons. The molecular weight excluding hydrogens is 276 g/mol. The number of hydrogen-bond acceptors (Lipinski definition) is 6. The minimum Gasteiger partial charge on any atom is -0.356 e. The van der Waals surface area contributed by atoms with Gasteiger partial charge in [-0.3, -0.25) is 4.79 Å². The quantitative estimate of drug-likeness (QED) is 0.800. The highest BCUT2D eigenvalue weighted by Gasteiger charge is 2.14. The molecule has 3 aromatic rings. The fraction of sp³-hybridized carbons (Fsp3) is 0.231. The fourth-order valence-corrected chi connectivity index (χ4v) is 2.38. The summed E-state index contributed by atoms with van der Waals surface area (Å²) in [5, 5.41) is 15.4. The third-order valence-corrected chi connectivity index (χ3v) is 3.70. The normalized spacial score (nSPS) is 10.9. The molecule has 0 atom stereocenters. The topological polar surface area (TPSA) is 80.9 Å². The van der Waals surface area contributed by atoms with E-state index in [4.69, 9.17) is 4.52 Å². The van der Waals surface area contributed by atoms with Gasteiger partial charge in [0.2, 0.25) is 11.0 Å². The summed E-state index contributed by atoms with van der Waals surface area (Å²) in [6.45, 7) is 4.03. The van der Waals surface area contributed by atoms with Gasteiger partial charge in [-0.2, -0.15) is 0 Å². The van der Waals surface area contributed by atoms with Crippen molar-refractivity contribution in [1.82, 2.24) is 15.4 Å². The maximum atomic E-state index is 11.9. The third-order valence-electron chi connectivity index (χ3n) is 3.10.